The second-order valence-corrected chi connectivity index (χ2v) is 8.55. The topological polar surface area (TPSA) is 87.7 Å². The second-order valence-electron chi connectivity index (χ2n) is 8.55. The van der Waals surface area contributed by atoms with Gasteiger partial charge in [-0.3, -0.25) is 9.59 Å². The number of alkyl halides is 1. The molecular formula is C21H27FN2O4. The summed E-state index contributed by atoms with van der Waals surface area (Å²) in [6.07, 6.45) is 5.03. The Hall–Kier alpha value is -2.31. The van der Waals surface area contributed by atoms with E-state index in [0.717, 1.165) is 19.3 Å². The summed E-state index contributed by atoms with van der Waals surface area (Å²) in [6, 6.07) is 6.19. The van der Waals surface area contributed by atoms with Gasteiger partial charge >= 0.3 is 0 Å². The number of para-hydroxylation sites is 2. The van der Waals surface area contributed by atoms with Gasteiger partial charge in [0.2, 0.25) is 5.91 Å². The van der Waals surface area contributed by atoms with Crippen LogP contribution in [0.2, 0.25) is 0 Å². The van der Waals surface area contributed by atoms with E-state index in [4.69, 9.17) is 4.74 Å². The molecule has 0 unspecified atom stereocenters. The summed E-state index contributed by atoms with van der Waals surface area (Å²) in [5.74, 6) is -0.110. The van der Waals surface area contributed by atoms with Gasteiger partial charge in [0.05, 0.1) is 5.41 Å². The number of carbonyl (C=O) groups is 2. The molecule has 0 saturated heterocycles. The lowest BCUT2D eigenvalue weighted by atomic mass is 9.83. The number of amides is 2. The molecule has 0 radical (unpaired) electrons. The van der Waals surface area contributed by atoms with Crippen LogP contribution in [-0.2, 0) is 9.59 Å². The molecule has 2 amide bonds. The molecule has 6 nitrogen and oxygen atoms in total. The monoisotopic (exact) mass is 390 g/mol. The van der Waals surface area contributed by atoms with E-state index in [9.17, 15) is 19.1 Å². The number of benzene rings is 1. The molecule has 1 aromatic rings. The molecule has 3 saturated carbocycles. The zero-order chi connectivity index (χ0) is 19.8. The Labute approximate surface area is 163 Å². The number of fused-ring (bicyclic) bond motifs is 2. The average molecular weight is 390 g/mol. The molecule has 2 atom stereocenters. The first-order valence-electron chi connectivity index (χ1n) is 10.1. The van der Waals surface area contributed by atoms with E-state index < -0.39 is 11.1 Å². The van der Waals surface area contributed by atoms with Crippen molar-refractivity contribution in [3.8, 4) is 11.5 Å². The minimum atomic E-state index is -1.15. The molecule has 0 spiro atoms. The van der Waals surface area contributed by atoms with Gasteiger partial charge in [-0.25, -0.2) is 4.39 Å². The number of halogens is 1. The van der Waals surface area contributed by atoms with Crippen LogP contribution in [-0.4, -0.2) is 41.3 Å². The Kier molecular flexibility index (Phi) is 4.93. The van der Waals surface area contributed by atoms with Gasteiger partial charge < -0.3 is 20.5 Å². The van der Waals surface area contributed by atoms with E-state index in [1.54, 1.807) is 18.2 Å². The summed E-state index contributed by atoms with van der Waals surface area (Å²) in [4.78, 5) is 25.1. The lowest BCUT2D eigenvalue weighted by Crippen LogP contribution is -2.52. The van der Waals surface area contributed by atoms with Gasteiger partial charge in [-0.1, -0.05) is 12.1 Å². The van der Waals surface area contributed by atoms with Crippen LogP contribution >= 0.6 is 0 Å². The van der Waals surface area contributed by atoms with Crippen LogP contribution in [0, 0.1) is 5.41 Å². The number of hydrogen-bond donors (Lipinski definition) is 3. The van der Waals surface area contributed by atoms with Crippen LogP contribution in [0.4, 0.5) is 4.39 Å². The average Bonchev–Trinajstić information content (AvgIpc) is 3.35. The minimum absolute atomic E-state index is 0.0161. The summed E-state index contributed by atoms with van der Waals surface area (Å²) in [7, 11) is 0. The summed E-state index contributed by atoms with van der Waals surface area (Å²) < 4.78 is 19.8. The number of carbonyl (C=O) groups excluding carboxylic acids is 2. The highest BCUT2D eigenvalue weighted by Crippen LogP contribution is 2.58. The summed E-state index contributed by atoms with van der Waals surface area (Å²) >= 11 is 0. The molecule has 0 heterocycles. The molecule has 3 fully saturated rings. The predicted octanol–water partition coefficient (Wildman–Crippen LogP) is 2.60. The molecule has 28 heavy (non-hydrogen) atoms. The number of phenolic OH excluding ortho intramolecular Hbond substituents is 1. The maximum absolute atomic E-state index is 14.4. The normalized spacial score (nSPS) is 33.6. The van der Waals surface area contributed by atoms with Crippen LogP contribution in [0.15, 0.2) is 24.3 Å². The summed E-state index contributed by atoms with van der Waals surface area (Å²) in [5.41, 5.74) is -1.71. The van der Waals surface area contributed by atoms with Crippen molar-refractivity contribution in [1.82, 2.24) is 10.6 Å². The third-order valence-electron chi connectivity index (χ3n) is 6.64. The van der Waals surface area contributed by atoms with E-state index in [1.165, 1.54) is 6.07 Å². The first-order chi connectivity index (χ1) is 13.4. The fraction of sp³-hybridized carbons (Fsp3) is 0.619. The standard InChI is InChI=1S/C21H27FN2O4/c22-21-10-8-20(13-21,9-11-21)19(27)24-15-5-3-4-14(15)23-18(26)12-28-17-7-2-1-6-16(17)25/h1-2,6-7,14-15,25H,3-5,8-13H2,(H,23,26)(H,24,27)/t14-,15-,20?,21?/m0/s1. The molecule has 4 rings (SSSR count). The lowest BCUT2D eigenvalue weighted by molar-refractivity contribution is -0.132. The van der Waals surface area contributed by atoms with E-state index in [1.807, 2.05) is 0 Å². The van der Waals surface area contributed by atoms with E-state index >= 15 is 0 Å². The number of ether oxygens (including phenoxy) is 1. The number of phenols is 1. The zero-order valence-electron chi connectivity index (χ0n) is 15.9. The van der Waals surface area contributed by atoms with Crippen molar-refractivity contribution in [2.45, 2.75) is 69.1 Å². The quantitative estimate of drug-likeness (QED) is 0.697. The molecule has 0 aromatic heterocycles. The van der Waals surface area contributed by atoms with Crippen LogP contribution in [0.25, 0.3) is 0 Å². The van der Waals surface area contributed by atoms with Crippen LogP contribution in [0.3, 0.4) is 0 Å². The minimum Gasteiger partial charge on any atom is -0.504 e. The first-order valence-corrected chi connectivity index (χ1v) is 10.1. The van der Waals surface area contributed by atoms with Gasteiger partial charge in [0.15, 0.2) is 18.1 Å². The molecule has 2 bridgehead atoms. The third-order valence-corrected chi connectivity index (χ3v) is 6.64. The van der Waals surface area contributed by atoms with Gasteiger partial charge in [-0.15, -0.1) is 0 Å². The maximum atomic E-state index is 14.4. The van der Waals surface area contributed by atoms with Crippen molar-refractivity contribution in [3.05, 3.63) is 24.3 Å². The lowest BCUT2D eigenvalue weighted by Gasteiger charge is -2.29. The molecule has 0 aliphatic heterocycles. The van der Waals surface area contributed by atoms with Crippen molar-refractivity contribution < 1.29 is 23.8 Å². The predicted molar refractivity (Wildman–Crippen MR) is 101 cm³/mol. The highest BCUT2D eigenvalue weighted by Gasteiger charge is 2.58. The number of hydrogen-bond acceptors (Lipinski definition) is 4. The Balaban J connectivity index is 1.29. The molecule has 3 aliphatic carbocycles. The van der Waals surface area contributed by atoms with Crippen molar-refractivity contribution in [1.29, 1.82) is 0 Å². The molecular weight excluding hydrogens is 363 g/mol. The molecule has 1 aromatic carbocycles. The van der Waals surface area contributed by atoms with Gasteiger partial charge in [0.25, 0.3) is 5.91 Å². The summed E-state index contributed by atoms with van der Waals surface area (Å²) in [6.45, 7) is -0.205. The molecule has 152 valence electrons. The largest absolute Gasteiger partial charge is 0.504 e. The van der Waals surface area contributed by atoms with Gasteiger partial charge in [-0.05, 0) is 63.5 Å². The third kappa shape index (κ3) is 3.66. The zero-order valence-corrected chi connectivity index (χ0v) is 15.9. The van der Waals surface area contributed by atoms with Crippen molar-refractivity contribution in [3.63, 3.8) is 0 Å². The fourth-order valence-electron chi connectivity index (χ4n) is 5.04. The van der Waals surface area contributed by atoms with E-state index in [2.05, 4.69) is 10.6 Å². The van der Waals surface area contributed by atoms with E-state index in [0.29, 0.717) is 32.1 Å². The highest BCUT2D eigenvalue weighted by molar-refractivity contribution is 5.84. The van der Waals surface area contributed by atoms with Gasteiger partial charge in [0, 0.05) is 12.1 Å². The second kappa shape index (κ2) is 7.26. The van der Waals surface area contributed by atoms with Crippen LogP contribution < -0.4 is 15.4 Å². The van der Waals surface area contributed by atoms with Crippen molar-refractivity contribution in [2.24, 2.45) is 5.41 Å². The van der Waals surface area contributed by atoms with Crippen molar-refractivity contribution >= 4 is 11.8 Å². The molecule has 3 N–H and O–H groups in total. The number of aromatic hydroxyl groups is 1. The maximum Gasteiger partial charge on any atom is 0.258 e. The first kappa shape index (κ1) is 19.0. The van der Waals surface area contributed by atoms with Gasteiger partial charge in [0.1, 0.15) is 5.67 Å². The molecule has 3 aliphatic rings. The summed E-state index contributed by atoms with van der Waals surface area (Å²) in [5, 5.41) is 15.7. The number of rotatable bonds is 6. The Bertz CT molecular complexity index is 761. The van der Waals surface area contributed by atoms with Gasteiger partial charge in [-0.2, -0.15) is 0 Å². The van der Waals surface area contributed by atoms with Crippen molar-refractivity contribution in [2.75, 3.05) is 6.61 Å². The smallest absolute Gasteiger partial charge is 0.258 e. The fourth-order valence-corrected chi connectivity index (χ4v) is 5.04. The Morgan fingerprint density at radius 3 is 2.43 bits per heavy atom. The van der Waals surface area contributed by atoms with E-state index in [-0.39, 0.29) is 42.0 Å². The van der Waals surface area contributed by atoms with Crippen LogP contribution in [0.5, 0.6) is 11.5 Å². The van der Waals surface area contributed by atoms with Crippen LogP contribution in [0.1, 0.15) is 51.4 Å². The number of nitrogens with one attached hydrogen (secondary N) is 2. The molecule has 7 heteroatoms. The SMILES string of the molecule is O=C(COc1ccccc1O)N[C@H]1CCC[C@@H]1NC(=O)C12CCC(F)(CC1)C2. The Morgan fingerprint density at radius 1 is 1.11 bits per heavy atom. The highest BCUT2D eigenvalue weighted by atomic mass is 19.1. The Morgan fingerprint density at radius 2 is 1.79 bits per heavy atom.